The lowest BCUT2D eigenvalue weighted by Crippen LogP contribution is -2.52. The zero-order chi connectivity index (χ0) is 13.2. The Balaban J connectivity index is 2.32. The van der Waals surface area contributed by atoms with E-state index in [-0.39, 0.29) is 5.03 Å². The van der Waals surface area contributed by atoms with Crippen LogP contribution in [0.15, 0.2) is 17.6 Å². The highest BCUT2D eigenvalue weighted by Gasteiger charge is 2.34. The molecule has 1 fully saturated rings. The van der Waals surface area contributed by atoms with Crippen molar-refractivity contribution in [1.29, 1.82) is 5.26 Å². The molecular weight excluding hydrogens is 254 g/mol. The summed E-state index contributed by atoms with van der Waals surface area (Å²) in [5.41, 5.74) is 0. The molecule has 98 valence electrons. The Bertz CT molecular complexity index is 559. The summed E-state index contributed by atoms with van der Waals surface area (Å²) in [6.45, 7) is 3.75. The van der Waals surface area contributed by atoms with Crippen molar-refractivity contribution in [3.63, 3.8) is 0 Å². The molecule has 0 aliphatic carbocycles. The van der Waals surface area contributed by atoms with Crippen LogP contribution in [0.1, 0.15) is 6.92 Å². The van der Waals surface area contributed by atoms with Gasteiger partial charge in [-0.15, -0.1) is 0 Å². The average Bonchev–Trinajstić information content (AvgIpc) is 2.88. The lowest BCUT2D eigenvalue weighted by atomic mass is 10.3. The molecule has 0 amide bonds. The fraction of sp³-hybridized carbons (Fsp3) is 0.600. The largest absolute Gasteiger partial charge is 0.336 e. The van der Waals surface area contributed by atoms with Crippen molar-refractivity contribution in [3.05, 3.63) is 12.5 Å². The van der Waals surface area contributed by atoms with Gasteiger partial charge in [0, 0.05) is 32.4 Å². The molecule has 8 heteroatoms. The van der Waals surface area contributed by atoms with Gasteiger partial charge in [-0.1, -0.05) is 0 Å². The molecule has 0 aromatic carbocycles. The van der Waals surface area contributed by atoms with Crippen LogP contribution < -0.4 is 5.32 Å². The molecule has 1 aliphatic heterocycles. The fourth-order valence-electron chi connectivity index (χ4n) is 1.85. The third-order valence-corrected chi connectivity index (χ3v) is 4.68. The number of aryl methyl sites for hydroxylation is 1. The fourth-order valence-corrected chi connectivity index (χ4v) is 3.33. The number of sulfonamides is 1. The molecule has 0 saturated carbocycles. The van der Waals surface area contributed by atoms with Crippen molar-refractivity contribution >= 4 is 10.0 Å². The Kier molecular flexibility index (Phi) is 3.65. The first-order chi connectivity index (χ1) is 8.59. The lowest BCUT2D eigenvalue weighted by molar-refractivity contribution is 0.311. The molecule has 2 heterocycles. The Morgan fingerprint density at radius 1 is 1.67 bits per heavy atom. The molecule has 1 N–H and O–H groups in total. The first kappa shape index (κ1) is 13.0. The monoisotopic (exact) mass is 269 g/mol. The van der Waals surface area contributed by atoms with Gasteiger partial charge in [0.1, 0.15) is 6.04 Å². The van der Waals surface area contributed by atoms with Gasteiger partial charge in [-0.2, -0.15) is 9.57 Å². The first-order valence-corrected chi connectivity index (χ1v) is 7.17. The topological polar surface area (TPSA) is 91.0 Å². The van der Waals surface area contributed by atoms with Crippen LogP contribution in [0, 0.1) is 11.3 Å². The second-order valence-corrected chi connectivity index (χ2v) is 5.84. The van der Waals surface area contributed by atoms with Gasteiger partial charge < -0.3 is 9.88 Å². The molecule has 18 heavy (non-hydrogen) atoms. The van der Waals surface area contributed by atoms with E-state index in [1.807, 2.05) is 13.0 Å². The Hall–Kier alpha value is -1.43. The molecule has 0 spiro atoms. The van der Waals surface area contributed by atoms with Crippen molar-refractivity contribution in [1.82, 2.24) is 19.2 Å². The van der Waals surface area contributed by atoms with Crippen molar-refractivity contribution in [2.24, 2.45) is 0 Å². The Morgan fingerprint density at radius 2 is 2.44 bits per heavy atom. The molecule has 2 rings (SSSR count). The number of nitrogens with one attached hydrogen (secondary N) is 1. The van der Waals surface area contributed by atoms with Gasteiger partial charge in [-0.25, -0.2) is 13.4 Å². The summed E-state index contributed by atoms with van der Waals surface area (Å²) < 4.78 is 27.6. The molecular formula is C10H15N5O2S. The maximum Gasteiger partial charge on any atom is 0.263 e. The van der Waals surface area contributed by atoms with Crippen LogP contribution in [0.25, 0.3) is 0 Å². The minimum absolute atomic E-state index is 0.00602. The van der Waals surface area contributed by atoms with Crippen LogP contribution in [0.5, 0.6) is 0 Å². The highest BCUT2D eigenvalue weighted by atomic mass is 32.2. The van der Waals surface area contributed by atoms with Crippen LogP contribution in [0.2, 0.25) is 0 Å². The van der Waals surface area contributed by atoms with Crippen molar-refractivity contribution in [3.8, 4) is 6.07 Å². The van der Waals surface area contributed by atoms with Gasteiger partial charge >= 0.3 is 0 Å². The van der Waals surface area contributed by atoms with E-state index in [9.17, 15) is 8.42 Å². The number of aromatic nitrogens is 2. The van der Waals surface area contributed by atoms with Crippen molar-refractivity contribution < 1.29 is 8.42 Å². The number of hydrogen-bond acceptors (Lipinski definition) is 5. The SMILES string of the molecule is CCn1cnc(S(=O)(=O)N2CCNCC2C#N)c1. The van der Waals surface area contributed by atoms with Gasteiger partial charge in [0.2, 0.25) is 0 Å². The van der Waals surface area contributed by atoms with Gasteiger partial charge in [0.05, 0.1) is 12.4 Å². The smallest absolute Gasteiger partial charge is 0.263 e. The van der Waals surface area contributed by atoms with Gasteiger partial charge in [0.15, 0.2) is 5.03 Å². The van der Waals surface area contributed by atoms with E-state index in [2.05, 4.69) is 10.3 Å². The number of nitrogens with zero attached hydrogens (tertiary/aromatic N) is 4. The number of imidazole rings is 1. The van der Waals surface area contributed by atoms with E-state index in [0.29, 0.717) is 26.2 Å². The van der Waals surface area contributed by atoms with Crippen LogP contribution in [-0.4, -0.2) is 48.0 Å². The van der Waals surface area contributed by atoms with E-state index in [1.54, 1.807) is 4.57 Å². The minimum atomic E-state index is -3.67. The van der Waals surface area contributed by atoms with Crippen LogP contribution in [0.3, 0.4) is 0 Å². The van der Waals surface area contributed by atoms with Crippen LogP contribution >= 0.6 is 0 Å². The van der Waals surface area contributed by atoms with Crippen LogP contribution in [-0.2, 0) is 16.6 Å². The molecule has 1 saturated heterocycles. The van der Waals surface area contributed by atoms with Crippen LogP contribution in [0.4, 0.5) is 0 Å². The van der Waals surface area contributed by atoms with Crippen molar-refractivity contribution in [2.75, 3.05) is 19.6 Å². The summed E-state index contributed by atoms with van der Waals surface area (Å²) in [6, 6.07) is 1.33. The zero-order valence-electron chi connectivity index (χ0n) is 10.1. The van der Waals surface area contributed by atoms with E-state index in [4.69, 9.17) is 5.26 Å². The molecule has 1 unspecified atom stereocenters. The predicted octanol–water partition coefficient (Wildman–Crippen LogP) is -0.611. The number of rotatable bonds is 3. The first-order valence-electron chi connectivity index (χ1n) is 5.73. The number of nitriles is 1. The number of hydrogen-bond donors (Lipinski definition) is 1. The quantitative estimate of drug-likeness (QED) is 0.790. The Labute approximate surface area is 106 Å². The molecule has 0 bridgehead atoms. The van der Waals surface area contributed by atoms with E-state index in [0.717, 1.165) is 0 Å². The number of piperazine rings is 1. The molecule has 1 aromatic heterocycles. The average molecular weight is 269 g/mol. The van der Waals surface area contributed by atoms with Gasteiger partial charge in [-0.05, 0) is 6.92 Å². The normalized spacial score (nSPS) is 21.7. The molecule has 1 aromatic rings. The molecule has 0 radical (unpaired) electrons. The predicted molar refractivity (Wildman–Crippen MR) is 64.1 cm³/mol. The van der Waals surface area contributed by atoms with Gasteiger partial charge in [-0.3, -0.25) is 0 Å². The second-order valence-electron chi connectivity index (χ2n) is 4.01. The summed E-state index contributed by atoms with van der Waals surface area (Å²) in [4.78, 5) is 3.91. The molecule has 1 aliphatic rings. The summed E-state index contributed by atoms with van der Waals surface area (Å²) in [7, 11) is -3.67. The maximum absolute atomic E-state index is 12.4. The summed E-state index contributed by atoms with van der Waals surface area (Å²) in [6.07, 6.45) is 2.97. The molecule has 7 nitrogen and oxygen atoms in total. The van der Waals surface area contributed by atoms with E-state index < -0.39 is 16.1 Å². The summed E-state index contributed by atoms with van der Waals surface area (Å²) >= 11 is 0. The molecule has 1 atom stereocenters. The minimum Gasteiger partial charge on any atom is -0.336 e. The highest BCUT2D eigenvalue weighted by molar-refractivity contribution is 7.89. The third kappa shape index (κ3) is 2.25. The lowest BCUT2D eigenvalue weighted by Gasteiger charge is -2.30. The van der Waals surface area contributed by atoms with E-state index >= 15 is 0 Å². The summed E-state index contributed by atoms with van der Waals surface area (Å²) in [5, 5.41) is 12.0. The van der Waals surface area contributed by atoms with Crippen molar-refractivity contribution in [2.45, 2.75) is 24.5 Å². The Morgan fingerprint density at radius 3 is 3.06 bits per heavy atom. The standard InChI is InChI=1S/C10H15N5O2S/c1-2-14-7-10(13-8-14)18(16,17)15-4-3-12-6-9(15)5-11/h7-9,12H,2-4,6H2,1H3. The van der Waals surface area contributed by atoms with E-state index in [1.165, 1.54) is 16.8 Å². The third-order valence-electron chi connectivity index (χ3n) is 2.89. The second kappa shape index (κ2) is 5.06. The van der Waals surface area contributed by atoms with Gasteiger partial charge in [0.25, 0.3) is 10.0 Å². The zero-order valence-corrected chi connectivity index (χ0v) is 10.9. The maximum atomic E-state index is 12.4. The highest BCUT2D eigenvalue weighted by Crippen LogP contribution is 2.17. The summed E-state index contributed by atoms with van der Waals surface area (Å²) in [5.74, 6) is 0.